The maximum absolute atomic E-state index is 15.1. The first-order valence-corrected chi connectivity index (χ1v) is 14.6. The summed E-state index contributed by atoms with van der Waals surface area (Å²) in [5, 5.41) is 4.92. The van der Waals surface area contributed by atoms with E-state index in [1.165, 1.54) is 25.6 Å². The van der Waals surface area contributed by atoms with Crippen LogP contribution >= 0.6 is 11.3 Å². The fourth-order valence-electron chi connectivity index (χ4n) is 7.13. The van der Waals surface area contributed by atoms with Gasteiger partial charge in [0.1, 0.15) is 23.0 Å². The molecule has 0 bridgehead atoms. The second kappa shape index (κ2) is 9.70. The Hall–Kier alpha value is -4.69. The van der Waals surface area contributed by atoms with Crippen molar-refractivity contribution in [1.29, 1.82) is 0 Å². The van der Waals surface area contributed by atoms with Gasteiger partial charge in [-0.25, -0.2) is 0 Å². The van der Waals surface area contributed by atoms with E-state index < -0.39 is 23.4 Å². The number of thiophene rings is 1. The Kier molecular flexibility index (Phi) is 6.06. The molecule has 210 valence electrons. The zero-order valence-corrected chi connectivity index (χ0v) is 24.1. The van der Waals surface area contributed by atoms with Gasteiger partial charge in [-0.2, -0.15) is 0 Å². The lowest BCUT2D eigenvalue weighted by atomic mass is 9.64. The first-order chi connectivity index (χ1) is 20.4. The van der Waals surface area contributed by atoms with Gasteiger partial charge in [0, 0.05) is 16.9 Å². The number of fused-ring (bicyclic) bond motifs is 6. The van der Waals surface area contributed by atoms with Crippen LogP contribution in [0, 0.1) is 5.92 Å². The minimum Gasteiger partial charge on any atom is -0.497 e. The molecule has 4 aromatic rings. The molecule has 1 fully saturated rings. The highest BCUT2D eigenvalue weighted by Gasteiger charge is 2.70. The fraction of sp³-hybridized carbons (Fsp3) is 0.206. The van der Waals surface area contributed by atoms with E-state index in [-0.39, 0.29) is 23.0 Å². The molecule has 4 atom stereocenters. The molecule has 8 heteroatoms. The molecule has 4 heterocycles. The van der Waals surface area contributed by atoms with E-state index in [9.17, 15) is 9.59 Å². The minimum atomic E-state index is -1.39. The third kappa shape index (κ3) is 3.48. The molecule has 3 aliphatic rings. The van der Waals surface area contributed by atoms with Crippen LogP contribution < -0.4 is 19.7 Å². The zero-order valence-electron chi connectivity index (χ0n) is 23.3. The number of para-hydroxylation sites is 2. The number of ether oxygens (including phenoxy) is 2. The van der Waals surface area contributed by atoms with Gasteiger partial charge in [0.05, 0.1) is 36.6 Å². The molecule has 1 amide bonds. The Morgan fingerprint density at radius 1 is 0.929 bits per heavy atom. The second-order valence-corrected chi connectivity index (χ2v) is 11.7. The molecular weight excluding hydrogens is 548 g/mol. The van der Waals surface area contributed by atoms with E-state index in [1.807, 2.05) is 71.8 Å². The number of nitrogens with one attached hydrogen (secondary N) is 1. The van der Waals surface area contributed by atoms with E-state index in [0.717, 1.165) is 16.8 Å². The van der Waals surface area contributed by atoms with Gasteiger partial charge in [0.15, 0.2) is 11.6 Å². The molecule has 7 rings (SSSR count). The number of benzene rings is 3. The van der Waals surface area contributed by atoms with Gasteiger partial charge in [-0.1, -0.05) is 48.5 Å². The molecule has 0 radical (unpaired) electrons. The summed E-state index contributed by atoms with van der Waals surface area (Å²) < 4.78 is 11.1. The SMILES string of the molecule is COc1ccc(OC)c(C(=O)[C@@H]2[C@@H](C(=O)c3cccs3)N3c4ccccc4C(C)=C[C@@H]3[C@@]23C(=O)Nc2ccccc23)c1. The lowest BCUT2D eigenvalue weighted by Crippen LogP contribution is -2.51. The summed E-state index contributed by atoms with van der Waals surface area (Å²) in [6, 6.07) is 22.4. The van der Waals surface area contributed by atoms with E-state index in [0.29, 0.717) is 27.6 Å². The van der Waals surface area contributed by atoms with Crippen molar-refractivity contribution in [1.82, 2.24) is 0 Å². The zero-order chi connectivity index (χ0) is 29.2. The Balaban J connectivity index is 1.57. The lowest BCUT2D eigenvalue weighted by Gasteiger charge is -2.39. The number of hydrogen-bond donors (Lipinski definition) is 1. The molecule has 0 saturated carbocycles. The van der Waals surface area contributed by atoms with E-state index >= 15 is 4.79 Å². The first kappa shape index (κ1) is 26.2. The smallest absolute Gasteiger partial charge is 0.238 e. The molecule has 3 aromatic carbocycles. The Bertz CT molecular complexity index is 1800. The van der Waals surface area contributed by atoms with Crippen LogP contribution in [0.15, 0.2) is 90.3 Å². The molecule has 1 saturated heterocycles. The molecule has 7 nitrogen and oxygen atoms in total. The van der Waals surface area contributed by atoms with E-state index in [2.05, 4.69) is 11.4 Å². The van der Waals surface area contributed by atoms with Gasteiger partial charge < -0.3 is 19.7 Å². The number of rotatable bonds is 6. The van der Waals surface area contributed by atoms with Gasteiger partial charge >= 0.3 is 0 Å². The van der Waals surface area contributed by atoms with Crippen molar-refractivity contribution in [2.24, 2.45) is 5.92 Å². The normalized spacial score (nSPS) is 23.5. The van der Waals surface area contributed by atoms with Crippen LogP contribution in [-0.4, -0.2) is 43.8 Å². The Morgan fingerprint density at radius 2 is 1.71 bits per heavy atom. The standard InChI is InChI=1S/C34H28N2O5S/c1-19-17-28-34(23-10-5-6-11-24(23)35-33(34)39)29(31(37)22-18-20(40-2)14-15-26(22)41-3)30(32(38)27-13-8-16-42-27)36(28)25-12-7-4-9-21(19)25/h4-18,28-30H,1-3H3,(H,35,39)/t28-,29+,30+,34-/m1/s1. The van der Waals surface area contributed by atoms with Gasteiger partial charge in [0.2, 0.25) is 5.91 Å². The lowest BCUT2D eigenvalue weighted by molar-refractivity contribution is -0.121. The second-order valence-electron chi connectivity index (χ2n) is 10.8. The highest BCUT2D eigenvalue weighted by molar-refractivity contribution is 7.12. The van der Waals surface area contributed by atoms with Crippen LogP contribution in [0.3, 0.4) is 0 Å². The number of methoxy groups -OCH3 is 2. The molecule has 1 aromatic heterocycles. The monoisotopic (exact) mass is 576 g/mol. The minimum absolute atomic E-state index is 0.202. The van der Waals surface area contributed by atoms with Gasteiger partial charge in [-0.15, -0.1) is 11.3 Å². The highest BCUT2D eigenvalue weighted by Crippen LogP contribution is 2.59. The van der Waals surface area contributed by atoms with Crippen molar-refractivity contribution in [3.63, 3.8) is 0 Å². The predicted molar refractivity (Wildman–Crippen MR) is 163 cm³/mol. The van der Waals surface area contributed by atoms with Crippen LogP contribution in [0.2, 0.25) is 0 Å². The van der Waals surface area contributed by atoms with Crippen LogP contribution in [0.4, 0.5) is 11.4 Å². The molecule has 0 unspecified atom stereocenters. The number of Topliss-reactive ketones (excluding diaryl/α,β-unsaturated/α-hetero) is 2. The average Bonchev–Trinajstić information content (AvgIpc) is 3.73. The summed E-state index contributed by atoms with van der Waals surface area (Å²) in [5.41, 5.74) is 2.98. The molecule has 1 N–H and O–H groups in total. The van der Waals surface area contributed by atoms with Crippen molar-refractivity contribution in [3.05, 3.63) is 112 Å². The maximum Gasteiger partial charge on any atom is 0.238 e. The van der Waals surface area contributed by atoms with Crippen LogP contribution in [0.5, 0.6) is 11.5 Å². The number of hydrogen-bond acceptors (Lipinski definition) is 7. The number of nitrogens with zero attached hydrogens (tertiary/aromatic N) is 1. The topological polar surface area (TPSA) is 84.9 Å². The summed E-state index contributed by atoms with van der Waals surface area (Å²) in [7, 11) is 3.03. The predicted octanol–water partition coefficient (Wildman–Crippen LogP) is 6.01. The van der Waals surface area contributed by atoms with Crippen molar-refractivity contribution in [3.8, 4) is 11.5 Å². The Morgan fingerprint density at radius 3 is 2.48 bits per heavy atom. The van der Waals surface area contributed by atoms with Crippen molar-refractivity contribution in [2.75, 3.05) is 24.4 Å². The van der Waals surface area contributed by atoms with Gasteiger partial charge in [-0.3, -0.25) is 14.4 Å². The van der Waals surface area contributed by atoms with E-state index in [1.54, 1.807) is 24.3 Å². The molecule has 3 aliphatic heterocycles. The summed E-state index contributed by atoms with van der Waals surface area (Å²) in [5.74, 6) is -1.12. The van der Waals surface area contributed by atoms with Crippen molar-refractivity contribution < 1.29 is 23.9 Å². The molecule has 42 heavy (non-hydrogen) atoms. The van der Waals surface area contributed by atoms with Crippen LogP contribution in [0.25, 0.3) is 5.57 Å². The summed E-state index contributed by atoms with van der Waals surface area (Å²) in [6.45, 7) is 2.01. The third-order valence-corrected chi connectivity index (χ3v) is 9.76. The number of amides is 1. The number of allylic oxidation sites excluding steroid dienone is 1. The molecular formula is C34H28N2O5S. The average molecular weight is 577 g/mol. The van der Waals surface area contributed by atoms with Gasteiger partial charge in [-0.05, 0) is 59.8 Å². The van der Waals surface area contributed by atoms with Gasteiger partial charge in [0.25, 0.3) is 0 Å². The quantitative estimate of drug-likeness (QED) is 0.283. The van der Waals surface area contributed by atoms with Crippen LogP contribution in [-0.2, 0) is 10.2 Å². The van der Waals surface area contributed by atoms with Crippen molar-refractivity contribution in [2.45, 2.75) is 24.4 Å². The number of carbonyl (C=O) groups is 3. The first-order valence-electron chi connectivity index (χ1n) is 13.7. The van der Waals surface area contributed by atoms with Crippen molar-refractivity contribution >= 4 is 45.8 Å². The molecule has 1 spiro atoms. The number of anilines is 2. The third-order valence-electron chi connectivity index (χ3n) is 8.87. The summed E-state index contributed by atoms with van der Waals surface area (Å²) in [4.78, 5) is 46.8. The number of carbonyl (C=O) groups excluding carboxylic acids is 3. The number of ketones is 2. The van der Waals surface area contributed by atoms with E-state index in [4.69, 9.17) is 9.47 Å². The largest absolute Gasteiger partial charge is 0.497 e. The van der Waals surface area contributed by atoms with Crippen LogP contribution in [0.1, 0.15) is 38.1 Å². The maximum atomic E-state index is 15.1. The summed E-state index contributed by atoms with van der Waals surface area (Å²) in [6.07, 6.45) is 2.05. The molecule has 0 aliphatic carbocycles. The Labute approximate surface area is 247 Å². The highest BCUT2D eigenvalue weighted by atomic mass is 32.1. The fourth-order valence-corrected chi connectivity index (χ4v) is 7.82. The summed E-state index contributed by atoms with van der Waals surface area (Å²) >= 11 is 1.33.